The SMILES string of the molecule is CNCc1cc(S(=O)(=O)N2CCC(C)C(C)C2)c[nH]1. The molecule has 2 unspecified atom stereocenters. The maximum Gasteiger partial charge on any atom is 0.244 e. The number of H-pyrrole nitrogens is 1. The third-order valence-electron chi connectivity index (χ3n) is 4.02. The summed E-state index contributed by atoms with van der Waals surface area (Å²) in [5.41, 5.74) is 0.888. The molecule has 0 radical (unpaired) electrons. The zero-order chi connectivity index (χ0) is 14.0. The predicted octanol–water partition coefficient (Wildman–Crippen LogP) is 1.40. The maximum absolute atomic E-state index is 12.5. The summed E-state index contributed by atoms with van der Waals surface area (Å²) in [6.07, 6.45) is 2.53. The van der Waals surface area contributed by atoms with Crippen molar-refractivity contribution in [1.29, 1.82) is 0 Å². The molecule has 1 aromatic rings. The monoisotopic (exact) mass is 285 g/mol. The molecule has 0 bridgehead atoms. The molecule has 1 aromatic heterocycles. The van der Waals surface area contributed by atoms with Crippen molar-refractivity contribution in [1.82, 2.24) is 14.6 Å². The predicted molar refractivity (Wildman–Crippen MR) is 75.3 cm³/mol. The molecule has 1 aliphatic heterocycles. The molecule has 5 nitrogen and oxygen atoms in total. The minimum absolute atomic E-state index is 0.375. The van der Waals surface area contributed by atoms with Gasteiger partial charge < -0.3 is 10.3 Å². The fraction of sp³-hybridized carbons (Fsp3) is 0.692. The molecular formula is C13H23N3O2S. The van der Waals surface area contributed by atoms with Crippen molar-refractivity contribution in [2.75, 3.05) is 20.1 Å². The molecule has 0 aromatic carbocycles. The Morgan fingerprint density at radius 1 is 1.42 bits per heavy atom. The van der Waals surface area contributed by atoms with Gasteiger partial charge in [-0.15, -0.1) is 0 Å². The lowest BCUT2D eigenvalue weighted by molar-refractivity contribution is 0.212. The molecule has 2 atom stereocenters. The fourth-order valence-corrected chi connectivity index (χ4v) is 4.03. The van der Waals surface area contributed by atoms with Crippen molar-refractivity contribution in [3.8, 4) is 0 Å². The van der Waals surface area contributed by atoms with E-state index >= 15 is 0 Å². The van der Waals surface area contributed by atoms with Gasteiger partial charge >= 0.3 is 0 Å². The Hall–Kier alpha value is -0.850. The first kappa shape index (κ1) is 14.6. The summed E-state index contributed by atoms with van der Waals surface area (Å²) in [6.45, 7) is 6.20. The number of rotatable bonds is 4. The van der Waals surface area contributed by atoms with Gasteiger partial charge in [0.05, 0.1) is 4.90 Å². The Morgan fingerprint density at radius 3 is 2.79 bits per heavy atom. The van der Waals surface area contributed by atoms with E-state index in [1.807, 2.05) is 7.05 Å². The second kappa shape index (κ2) is 5.64. The summed E-state index contributed by atoms with van der Waals surface area (Å²) in [7, 11) is -1.51. The first-order chi connectivity index (χ1) is 8.95. The van der Waals surface area contributed by atoms with Gasteiger partial charge in [0.25, 0.3) is 0 Å². The van der Waals surface area contributed by atoms with E-state index in [0.29, 0.717) is 36.4 Å². The molecule has 0 saturated carbocycles. The third kappa shape index (κ3) is 3.01. The molecular weight excluding hydrogens is 262 g/mol. The van der Waals surface area contributed by atoms with E-state index in [1.54, 1.807) is 16.6 Å². The van der Waals surface area contributed by atoms with Crippen LogP contribution < -0.4 is 5.32 Å². The number of hydrogen-bond donors (Lipinski definition) is 2. The number of nitrogens with one attached hydrogen (secondary N) is 2. The molecule has 0 spiro atoms. The van der Waals surface area contributed by atoms with E-state index in [2.05, 4.69) is 24.1 Å². The molecule has 2 heterocycles. The molecule has 0 aliphatic carbocycles. The number of nitrogens with zero attached hydrogens (tertiary/aromatic N) is 1. The first-order valence-corrected chi connectivity index (χ1v) is 8.21. The van der Waals surface area contributed by atoms with Crippen LogP contribution in [0.25, 0.3) is 0 Å². The summed E-state index contributed by atoms with van der Waals surface area (Å²) in [4.78, 5) is 3.38. The highest BCUT2D eigenvalue weighted by molar-refractivity contribution is 7.89. The third-order valence-corrected chi connectivity index (χ3v) is 5.86. The normalized spacial score (nSPS) is 25.6. The van der Waals surface area contributed by atoms with Crippen LogP contribution in [0.3, 0.4) is 0 Å². The van der Waals surface area contributed by atoms with Gasteiger partial charge in [-0.1, -0.05) is 13.8 Å². The van der Waals surface area contributed by atoms with Crippen molar-refractivity contribution >= 4 is 10.0 Å². The standard InChI is InChI=1S/C13H23N3O2S/c1-10-4-5-16(9-11(10)2)19(17,18)13-6-12(7-14-3)15-8-13/h6,8,10-11,14-15H,4-5,7,9H2,1-3H3. The zero-order valence-corrected chi connectivity index (χ0v) is 12.6. The Kier molecular flexibility index (Phi) is 4.32. The Bertz CT molecular complexity index is 524. The van der Waals surface area contributed by atoms with Gasteiger partial charge in [0.15, 0.2) is 0 Å². The first-order valence-electron chi connectivity index (χ1n) is 6.77. The molecule has 1 aliphatic rings. The Labute approximate surface area is 115 Å². The van der Waals surface area contributed by atoms with Crippen molar-refractivity contribution in [3.63, 3.8) is 0 Å². The molecule has 1 saturated heterocycles. The van der Waals surface area contributed by atoms with Crippen LogP contribution in [0.1, 0.15) is 26.0 Å². The number of piperidine rings is 1. The van der Waals surface area contributed by atoms with Crippen LogP contribution in [0, 0.1) is 11.8 Å². The van der Waals surface area contributed by atoms with Crippen molar-refractivity contribution in [3.05, 3.63) is 18.0 Å². The summed E-state index contributed by atoms with van der Waals surface area (Å²) < 4.78 is 26.7. The summed E-state index contributed by atoms with van der Waals surface area (Å²) in [5, 5.41) is 3.00. The van der Waals surface area contributed by atoms with E-state index in [-0.39, 0.29) is 0 Å². The molecule has 6 heteroatoms. The second-order valence-corrected chi connectivity index (χ2v) is 7.44. The minimum Gasteiger partial charge on any atom is -0.363 e. The molecule has 19 heavy (non-hydrogen) atoms. The summed E-state index contributed by atoms with van der Waals surface area (Å²) in [5.74, 6) is 1.01. The lowest BCUT2D eigenvalue weighted by atomic mass is 9.90. The highest BCUT2D eigenvalue weighted by Gasteiger charge is 2.32. The van der Waals surface area contributed by atoms with Crippen molar-refractivity contribution < 1.29 is 8.42 Å². The van der Waals surface area contributed by atoms with Crippen LogP contribution in [-0.2, 0) is 16.6 Å². The Balaban J connectivity index is 2.17. The minimum atomic E-state index is -3.34. The average Bonchev–Trinajstić information content (AvgIpc) is 2.82. The van der Waals surface area contributed by atoms with Gasteiger partial charge in [-0.25, -0.2) is 8.42 Å². The zero-order valence-electron chi connectivity index (χ0n) is 11.8. The lowest BCUT2D eigenvalue weighted by Gasteiger charge is -2.34. The van der Waals surface area contributed by atoms with Crippen LogP contribution in [0.4, 0.5) is 0 Å². The number of sulfonamides is 1. The van der Waals surface area contributed by atoms with E-state index in [1.165, 1.54) is 0 Å². The second-order valence-electron chi connectivity index (χ2n) is 5.50. The topological polar surface area (TPSA) is 65.2 Å². The van der Waals surface area contributed by atoms with Gasteiger partial charge in [-0.3, -0.25) is 0 Å². The lowest BCUT2D eigenvalue weighted by Crippen LogP contribution is -2.42. The summed E-state index contributed by atoms with van der Waals surface area (Å²) >= 11 is 0. The van der Waals surface area contributed by atoms with Gasteiger partial charge in [0.1, 0.15) is 0 Å². The molecule has 108 valence electrons. The average molecular weight is 285 g/mol. The van der Waals surface area contributed by atoms with E-state index in [0.717, 1.165) is 12.1 Å². The fourth-order valence-electron chi connectivity index (χ4n) is 2.45. The smallest absolute Gasteiger partial charge is 0.244 e. The van der Waals surface area contributed by atoms with Crippen LogP contribution >= 0.6 is 0 Å². The van der Waals surface area contributed by atoms with E-state index in [9.17, 15) is 8.42 Å². The van der Waals surface area contributed by atoms with Crippen LogP contribution in [-0.4, -0.2) is 37.8 Å². The van der Waals surface area contributed by atoms with Gasteiger partial charge in [0.2, 0.25) is 10.0 Å². The van der Waals surface area contributed by atoms with Gasteiger partial charge in [-0.2, -0.15) is 4.31 Å². The number of hydrogen-bond acceptors (Lipinski definition) is 3. The van der Waals surface area contributed by atoms with Gasteiger partial charge in [0, 0.05) is 31.5 Å². The highest BCUT2D eigenvalue weighted by Crippen LogP contribution is 2.27. The largest absolute Gasteiger partial charge is 0.363 e. The van der Waals surface area contributed by atoms with Crippen LogP contribution in [0.15, 0.2) is 17.2 Å². The van der Waals surface area contributed by atoms with Crippen LogP contribution in [0.5, 0.6) is 0 Å². The number of aromatic amines is 1. The molecule has 0 amide bonds. The molecule has 1 fully saturated rings. The number of aromatic nitrogens is 1. The van der Waals surface area contributed by atoms with Crippen molar-refractivity contribution in [2.45, 2.75) is 31.7 Å². The van der Waals surface area contributed by atoms with Crippen molar-refractivity contribution in [2.24, 2.45) is 11.8 Å². The van der Waals surface area contributed by atoms with Gasteiger partial charge in [-0.05, 0) is 31.4 Å². The van der Waals surface area contributed by atoms with E-state index < -0.39 is 10.0 Å². The molecule has 2 N–H and O–H groups in total. The van der Waals surface area contributed by atoms with Crippen LogP contribution in [0.2, 0.25) is 0 Å². The quantitative estimate of drug-likeness (QED) is 0.879. The molecule has 2 rings (SSSR count). The Morgan fingerprint density at radius 2 is 2.16 bits per heavy atom. The summed E-state index contributed by atoms with van der Waals surface area (Å²) in [6, 6.07) is 1.72. The maximum atomic E-state index is 12.5. The van der Waals surface area contributed by atoms with E-state index in [4.69, 9.17) is 0 Å². The highest BCUT2D eigenvalue weighted by atomic mass is 32.2.